The maximum absolute atomic E-state index is 13.5. The van der Waals surface area contributed by atoms with Crippen molar-refractivity contribution in [3.63, 3.8) is 0 Å². The molecule has 226 valence electrons. The molecule has 0 bridgehead atoms. The molecule has 4 atom stereocenters. The molecule has 4 N–H and O–H groups in total. The third-order valence-electron chi connectivity index (χ3n) is 6.16. The molecule has 3 amide bonds. The summed E-state index contributed by atoms with van der Waals surface area (Å²) in [6.45, 7) is 7.47. The van der Waals surface area contributed by atoms with Crippen LogP contribution in [0.1, 0.15) is 56.4 Å². The van der Waals surface area contributed by atoms with Crippen LogP contribution in [0.5, 0.6) is 0 Å². The maximum Gasteiger partial charge on any atom is 0.408 e. The van der Waals surface area contributed by atoms with Crippen LogP contribution in [0.4, 0.5) is 4.79 Å². The van der Waals surface area contributed by atoms with Gasteiger partial charge in [-0.1, -0.05) is 74.5 Å². The number of benzene rings is 2. The highest BCUT2D eigenvalue weighted by Crippen LogP contribution is 2.23. The number of aromatic nitrogens is 1. The highest BCUT2D eigenvalue weighted by molar-refractivity contribution is 7.09. The Bertz CT molecular complexity index is 1240. The molecule has 3 rings (SSSR count). The molecule has 10 nitrogen and oxygen atoms in total. The zero-order chi connectivity index (χ0) is 30.5. The SMILES string of the molecule is CC(C)CC(NC(=O)[C@@H](NC(=O)[C@H](Cc1ccccc1)NC(=O)OCc1ccccc1)OC(C)C)[C@@H](O)c1nccs1. The van der Waals surface area contributed by atoms with Gasteiger partial charge >= 0.3 is 6.09 Å². The minimum Gasteiger partial charge on any atom is -0.445 e. The van der Waals surface area contributed by atoms with Crippen molar-refractivity contribution in [1.82, 2.24) is 20.9 Å². The highest BCUT2D eigenvalue weighted by Gasteiger charge is 2.32. The number of carbonyl (C=O) groups is 3. The fraction of sp³-hybridized carbons (Fsp3) is 0.419. The third-order valence-corrected chi connectivity index (χ3v) is 7.01. The van der Waals surface area contributed by atoms with E-state index in [0.717, 1.165) is 11.1 Å². The first kappa shape index (κ1) is 32.7. The number of carbonyl (C=O) groups excluding carboxylic acids is 3. The van der Waals surface area contributed by atoms with Crippen LogP contribution in [-0.2, 0) is 32.1 Å². The van der Waals surface area contributed by atoms with E-state index in [1.54, 1.807) is 25.4 Å². The molecule has 0 aliphatic carbocycles. The van der Waals surface area contributed by atoms with Crippen molar-refractivity contribution in [2.45, 2.75) is 77.7 Å². The van der Waals surface area contributed by atoms with Gasteiger partial charge in [0.05, 0.1) is 12.1 Å². The van der Waals surface area contributed by atoms with Gasteiger partial charge in [-0.05, 0) is 37.3 Å². The molecule has 1 aromatic heterocycles. The maximum atomic E-state index is 13.5. The second kappa shape index (κ2) is 16.6. The van der Waals surface area contributed by atoms with Crippen LogP contribution in [-0.4, -0.2) is 52.4 Å². The lowest BCUT2D eigenvalue weighted by Gasteiger charge is -2.29. The third kappa shape index (κ3) is 10.9. The Balaban J connectivity index is 1.74. The van der Waals surface area contributed by atoms with E-state index >= 15 is 0 Å². The predicted octanol–water partition coefficient (Wildman–Crippen LogP) is 4.11. The molecule has 0 radical (unpaired) electrons. The monoisotopic (exact) mass is 596 g/mol. The molecule has 11 heteroatoms. The lowest BCUT2D eigenvalue weighted by atomic mass is 9.99. The number of aliphatic hydroxyl groups is 1. The Morgan fingerprint density at radius 2 is 1.52 bits per heavy atom. The van der Waals surface area contributed by atoms with E-state index in [-0.39, 0.29) is 18.9 Å². The van der Waals surface area contributed by atoms with E-state index < -0.39 is 48.4 Å². The minimum absolute atomic E-state index is 0.0342. The average Bonchev–Trinajstić information content (AvgIpc) is 3.50. The van der Waals surface area contributed by atoms with Crippen molar-refractivity contribution in [2.75, 3.05) is 0 Å². The first-order valence-corrected chi connectivity index (χ1v) is 14.8. The molecule has 1 heterocycles. The lowest BCUT2D eigenvalue weighted by Crippen LogP contribution is -2.57. The number of nitrogens with zero attached hydrogens (tertiary/aromatic N) is 1. The quantitative estimate of drug-likeness (QED) is 0.194. The van der Waals surface area contributed by atoms with Crippen LogP contribution >= 0.6 is 11.3 Å². The van der Waals surface area contributed by atoms with Gasteiger partial charge in [0.2, 0.25) is 12.1 Å². The molecular weight excluding hydrogens is 556 g/mol. The number of aliphatic hydroxyl groups excluding tert-OH is 1. The second-order valence-electron chi connectivity index (χ2n) is 10.6. The van der Waals surface area contributed by atoms with E-state index in [0.29, 0.717) is 11.4 Å². The molecule has 0 saturated carbocycles. The topological polar surface area (TPSA) is 139 Å². The number of ether oxygens (including phenoxy) is 2. The zero-order valence-corrected chi connectivity index (χ0v) is 25.2. The Labute approximate surface area is 250 Å². The lowest BCUT2D eigenvalue weighted by molar-refractivity contribution is -0.146. The number of amides is 3. The van der Waals surface area contributed by atoms with E-state index in [1.807, 2.05) is 74.5 Å². The van der Waals surface area contributed by atoms with Crippen LogP contribution in [0.25, 0.3) is 0 Å². The first-order chi connectivity index (χ1) is 20.1. The largest absolute Gasteiger partial charge is 0.445 e. The normalized spacial score (nSPS) is 14.1. The van der Waals surface area contributed by atoms with Gasteiger partial charge in [-0.3, -0.25) is 9.59 Å². The molecular formula is C31H40N4O6S. The number of nitrogens with one attached hydrogen (secondary N) is 3. The fourth-order valence-electron chi connectivity index (χ4n) is 4.22. The first-order valence-electron chi connectivity index (χ1n) is 14.0. The van der Waals surface area contributed by atoms with Crippen LogP contribution in [0.15, 0.2) is 72.2 Å². The van der Waals surface area contributed by atoms with Gasteiger partial charge in [-0.25, -0.2) is 9.78 Å². The Kier molecular flexibility index (Phi) is 12.9. The van der Waals surface area contributed by atoms with Crippen LogP contribution in [0, 0.1) is 5.92 Å². The summed E-state index contributed by atoms with van der Waals surface area (Å²) in [4.78, 5) is 43.9. The second-order valence-corrected chi connectivity index (χ2v) is 11.5. The summed E-state index contributed by atoms with van der Waals surface area (Å²) in [5, 5.41) is 21.3. The number of thiazole rings is 1. The van der Waals surface area contributed by atoms with Gasteiger partial charge in [-0.2, -0.15) is 0 Å². The van der Waals surface area contributed by atoms with Gasteiger partial charge in [0.25, 0.3) is 5.91 Å². The summed E-state index contributed by atoms with van der Waals surface area (Å²) in [5.41, 5.74) is 1.60. The van der Waals surface area contributed by atoms with Crippen molar-refractivity contribution < 1.29 is 29.0 Å². The molecule has 3 aromatic rings. The fourth-order valence-corrected chi connectivity index (χ4v) is 4.90. The van der Waals surface area contributed by atoms with Crippen molar-refractivity contribution in [3.05, 3.63) is 88.4 Å². The summed E-state index contributed by atoms with van der Waals surface area (Å²) in [7, 11) is 0. The number of rotatable bonds is 15. The molecule has 1 unspecified atom stereocenters. The standard InChI is InChI=1S/C31H40N4O6S/c1-20(2)17-24(26(36)30-32-15-16-42-30)33-28(38)29(41-21(3)4)35-27(37)25(18-22-11-7-5-8-12-22)34-31(39)40-19-23-13-9-6-10-14-23/h5-16,20-21,24-26,29,36H,17-19H2,1-4H3,(H,33,38)(H,34,39)(H,35,37)/t24?,25-,26+,29-/m0/s1. The van der Waals surface area contributed by atoms with E-state index in [4.69, 9.17) is 9.47 Å². The Morgan fingerprint density at radius 3 is 2.10 bits per heavy atom. The van der Waals surface area contributed by atoms with Gasteiger partial charge in [0, 0.05) is 18.0 Å². The molecule has 0 aliphatic rings. The summed E-state index contributed by atoms with van der Waals surface area (Å²) < 4.78 is 11.1. The van der Waals surface area contributed by atoms with Crippen LogP contribution in [0.2, 0.25) is 0 Å². The molecule has 0 fully saturated rings. The Morgan fingerprint density at radius 1 is 0.881 bits per heavy atom. The zero-order valence-electron chi connectivity index (χ0n) is 24.4. The minimum atomic E-state index is -1.38. The van der Waals surface area contributed by atoms with E-state index in [1.165, 1.54) is 11.3 Å². The highest BCUT2D eigenvalue weighted by atomic mass is 32.1. The average molecular weight is 597 g/mol. The van der Waals surface area contributed by atoms with Gasteiger partial charge in [-0.15, -0.1) is 11.3 Å². The Hall–Kier alpha value is -3.80. The van der Waals surface area contributed by atoms with E-state index in [9.17, 15) is 19.5 Å². The van der Waals surface area contributed by atoms with Crippen molar-refractivity contribution >= 4 is 29.2 Å². The van der Waals surface area contributed by atoms with Gasteiger partial charge in [0.15, 0.2) is 0 Å². The van der Waals surface area contributed by atoms with Gasteiger partial charge < -0.3 is 30.5 Å². The smallest absolute Gasteiger partial charge is 0.408 e. The van der Waals surface area contributed by atoms with Gasteiger partial charge in [0.1, 0.15) is 23.8 Å². The summed E-state index contributed by atoms with van der Waals surface area (Å²) >= 11 is 1.29. The van der Waals surface area contributed by atoms with Crippen molar-refractivity contribution in [3.8, 4) is 0 Å². The summed E-state index contributed by atoms with van der Waals surface area (Å²) in [5.74, 6) is -1.09. The molecule has 42 heavy (non-hydrogen) atoms. The molecule has 0 saturated heterocycles. The number of alkyl carbamates (subject to hydrolysis) is 1. The predicted molar refractivity (Wildman–Crippen MR) is 160 cm³/mol. The summed E-state index contributed by atoms with van der Waals surface area (Å²) in [6, 6.07) is 16.7. The molecule has 0 spiro atoms. The van der Waals surface area contributed by atoms with Crippen molar-refractivity contribution in [2.24, 2.45) is 5.92 Å². The van der Waals surface area contributed by atoms with Crippen molar-refractivity contribution in [1.29, 1.82) is 0 Å². The molecule has 2 aromatic carbocycles. The number of hydrogen-bond acceptors (Lipinski definition) is 8. The van der Waals surface area contributed by atoms with E-state index in [2.05, 4.69) is 20.9 Å². The van der Waals surface area contributed by atoms with Crippen LogP contribution < -0.4 is 16.0 Å². The number of hydrogen-bond donors (Lipinski definition) is 4. The molecule has 0 aliphatic heterocycles. The van der Waals surface area contributed by atoms with Crippen LogP contribution in [0.3, 0.4) is 0 Å². The summed E-state index contributed by atoms with van der Waals surface area (Å²) in [6.07, 6.45) is -1.38.